The van der Waals surface area contributed by atoms with Gasteiger partial charge in [-0.05, 0) is 67.7 Å². The third-order valence-corrected chi connectivity index (χ3v) is 6.35. The fourth-order valence-electron chi connectivity index (χ4n) is 4.88. The van der Waals surface area contributed by atoms with Gasteiger partial charge in [0.1, 0.15) is 23.0 Å². The monoisotopic (exact) mass is 400 g/mol. The van der Waals surface area contributed by atoms with Gasteiger partial charge < -0.3 is 9.84 Å². The minimum Gasteiger partial charge on any atom is -0.486 e. The largest absolute Gasteiger partial charge is 0.486 e. The second-order valence-corrected chi connectivity index (χ2v) is 8.50. The molecule has 4 rings (SSSR count). The highest BCUT2D eigenvalue weighted by molar-refractivity contribution is 5.74. The first-order valence-corrected chi connectivity index (χ1v) is 10.4. The number of hydrogen-bond donors (Lipinski definition) is 1. The molecule has 3 nitrogen and oxygen atoms in total. The Morgan fingerprint density at radius 1 is 1.21 bits per heavy atom. The molecule has 1 unspecified atom stereocenters. The summed E-state index contributed by atoms with van der Waals surface area (Å²) in [5.74, 6) is -1.70. The first kappa shape index (κ1) is 19.9. The molecule has 1 aliphatic heterocycles. The molecule has 0 saturated heterocycles. The van der Waals surface area contributed by atoms with E-state index in [-0.39, 0.29) is 23.5 Å². The Balaban J connectivity index is 1.62. The lowest BCUT2D eigenvalue weighted by molar-refractivity contribution is -0.137. The Morgan fingerprint density at radius 3 is 2.55 bits per heavy atom. The molecule has 5 heteroatoms. The minimum absolute atomic E-state index is 0.000896. The standard InChI is InChI=1S/C24H26F2O3/c1-15(6-4-9-21(27)28)22-19(25)12-17(13-20(22)26)18-8-5-7-16-14-24(29-23(16)18)10-2-3-11-24/h5,7-8,12-13,15H,2-4,6,9-11,14H2,1H3,(H,27,28). The SMILES string of the molecule is CC(CCCC(=O)O)c1c(F)cc(-c2cccc3c2OC2(CCCC2)C3)cc1F. The molecule has 2 aromatic carbocycles. The lowest BCUT2D eigenvalue weighted by Crippen LogP contribution is -2.30. The van der Waals surface area contributed by atoms with Gasteiger partial charge in [-0.2, -0.15) is 0 Å². The molecule has 29 heavy (non-hydrogen) atoms. The van der Waals surface area contributed by atoms with Crippen LogP contribution in [0.2, 0.25) is 0 Å². The highest BCUT2D eigenvalue weighted by Crippen LogP contribution is 2.48. The van der Waals surface area contributed by atoms with Crippen molar-refractivity contribution in [3.8, 4) is 16.9 Å². The van der Waals surface area contributed by atoms with Crippen molar-refractivity contribution in [3.05, 3.63) is 53.1 Å². The summed E-state index contributed by atoms with van der Waals surface area (Å²) in [6, 6.07) is 8.58. The van der Waals surface area contributed by atoms with E-state index in [0.29, 0.717) is 18.4 Å². The molecule has 1 aliphatic carbocycles. The summed E-state index contributed by atoms with van der Waals surface area (Å²) < 4.78 is 36.1. The number of ether oxygens (including phenoxy) is 1. The van der Waals surface area contributed by atoms with Crippen LogP contribution in [0.4, 0.5) is 8.78 Å². The maximum absolute atomic E-state index is 14.9. The molecule has 1 saturated carbocycles. The van der Waals surface area contributed by atoms with Crippen molar-refractivity contribution in [1.82, 2.24) is 0 Å². The fourth-order valence-corrected chi connectivity index (χ4v) is 4.88. The molecular weight excluding hydrogens is 374 g/mol. The number of halogens is 2. The van der Waals surface area contributed by atoms with Crippen molar-refractivity contribution in [1.29, 1.82) is 0 Å². The van der Waals surface area contributed by atoms with Gasteiger partial charge in [-0.15, -0.1) is 0 Å². The number of aliphatic carboxylic acids is 1. The van der Waals surface area contributed by atoms with Gasteiger partial charge in [0.15, 0.2) is 0 Å². The number of para-hydroxylation sites is 1. The van der Waals surface area contributed by atoms with Crippen molar-refractivity contribution in [3.63, 3.8) is 0 Å². The third kappa shape index (κ3) is 3.87. The Morgan fingerprint density at radius 2 is 1.90 bits per heavy atom. The predicted octanol–water partition coefficient (Wildman–Crippen LogP) is 6.24. The lowest BCUT2D eigenvalue weighted by atomic mass is 9.91. The number of hydrogen-bond acceptors (Lipinski definition) is 2. The predicted molar refractivity (Wildman–Crippen MR) is 107 cm³/mol. The van der Waals surface area contributed by atoms with Crippen LogP contribution in [-0.4, -0.2) is 16.7 Å². The van der Waals surface area contributed by atoms with Crippen molar-refractivity contribution in [2.75, 3.05) is 0 Å². The van der Waals surface area contributed by atoms with Crippen molar-refractivity contribution in [2.45, 2.75) is 69.8 Å². The van der Waals surface area contributed by atoms with E-state index in [4.69, 9.17) is 9.84 Å². The summed E-state index contributed by atoms with van der Waals surface area (Å²) >= 11 is 0. The summed E-state index contributed by atoms with van der Waals surface area (Å²) in [7, 11) is 0. The van der Waals surface area contributed by atoms with Gasteiger partial charge in [0.05, 0.1) is 0 Å². The number of rotatable bonds is 6. The average Bonchev–Trinajstić information content (AvgIpc) is 3.26. The zero-order valence-electron chi connectivity index (χ0n) is 16.6. The molecule has 0 radical (unpaired) electrons. The number of carboxylic acid groups (broad SMARTS) is 1. The normalized spacial score (nSPS) is 17.9. The van der Waals surface area contributed by atoms with Gasteiger partial charge >= 0.3 is 5.97 Å². The van der Waals surface area contributed by atoms with Crippen LogP contribution in [0, 0.1) is 11.6 Å². The molecule has 1 atom stereocenters. The lowest BCUT2D eigenvalue weighted by Gasteiger charge is -2.23. The van der Waals surface area contributed by atoms with Gasteiger partial charge in [-0.3, -0.25) is 4.79 Å². The van der Waals surface area contributed by atoms with E-state index in [1.807, 2.05) is 18.2 Å². The third-order valence-electron chi connectivity index (χ3n) is 6.35. The second-order valence-electron chi connectivity index (χ2n) is 8.50. The summed E-state index contributed by atoms with van der Waals surface area (Å²) in [4.78, 5) is 10.7. The molecular formula is C24H26F2O3. The fraction of sp³-hybridized carbons (Fsp3) is 0.458. The van der Waals surface area contributed by atoms with Gasteiger partial charge in [0.2, 0.25) is 0 Å². The van der Waals surface area contributed by atoms with Crippen molar-refractivity contribution >= 4 is 5.97 Å². The van der Waals surface area contributed by atoms with Crippen LogP contribution in [0.15, 0.2) is 30.3 Å². The summed E-state index contributed by atoms with van der Waals surface area (Å²) in [6.45, 7) is 1.73. The van der Waals surface area contributed by atoms with Gasteiger partial charge in [0, 0.05) is 24.0 Å². The van der Waals surface area contributed by atoms with Crippen LogP contribution in [0.1, 0.15) is 68.9 Å². The first-order chi connectivity index (χ1) is 13.9. The molecule has 1 fully saturated rings. The van der Waals surface area contributed by atoms with Crippen LogP contribution in [0.5, 0.6) is 5.75 Å². The van der Waals surface area contributed by atoms with E-state index < -0.39 is 17.6 Å². The smallest absolute Gasteiger partial charge is 0.303 e. The van der Waals surface area contributed by atoms with Crippen LogP contribution in [-0.2, 0) is 11.2 Å². The van der Waals surface area contributed by atoms with Gasteiger partial charge in [0.25, 0.3) is 0 Å². The molecule has 2 aromatic rings. The van der Waals surface area contributed by atoms with E-state index in [0.717, 1.165) is 49.0 Å². The van der Waals surface area contributed by atoms with E-state index in [1.54, 1.807) is 6.92 Å². The average molecular weight is 400 g/mol. The molecule has 0 amide bonds. The highest BCUT2D eigenvalue weighted by atomic mass is 19.1. The first-order valence-electron chi connectivity index (χ1n) is 10.4. The number of carboxylic acids is 1. The second kappa shape index (κ2) is 7.77. The summed E-state index contributed by atoms with van der Waals surface area (Å²) in [5, 5.41) is 8.76. The van der Waals surface area contributed by atoms with Crippen LogP contribution in [0.3, 0.4) is 0 Å². The molecule has 1 heterocycles. The van der Waals surface area contributed by atoms with E-state index in [1.165, 1.54) is 12.1 Å². The topological polar surface area (TPSA) is 46.5 Å². The molecule has 1 N–H and O–H groups in total. The summed E-state index contributed by atoms with van der Waals surface area (Å²) in [6.07, 6.45) is 6.03. The number of fused-ring (bicyclic) bond motifs is 1. The van der Waals surface area contributed by atoms with E-state index >= 15 is 0 Å². The van der Waals surface area contributed by atoms with Crippen LogP contribution in [0.25, 0.3) is 11.1 Å². The molecule has 2 aliphatic rings. The zero-order chi connectivity index (χ0) is 20.6. The van der Waals surface area contributed by atoms with Gasteiger partial charge in [-0.25, -0.2) is 8.78 Å². The molecule has 154 valence electrons. The number of benzene rings is 2. The van der Waals surface area contributed by atoms with Crippen LogP contribution >= 0.6 is 0 Å². The van der Waals surface area contributed by atoms with Crippen LogP contribution < -0.4 is 4.74 Å². The van der Waals surface area contributed by atoms with Crippen molar-refractivity contribution in [2.24, 2.45) is 0 Å². The van der Waals surface area contributed by atoms with Crippen molar-refractivity contribution < 1.29 is 23.4 Å². The number of carbonyl (C=O) groups is 1. The Hall–Kier alpha value is -2.43. The highest BCUT2D eigenvalue weighted by Gasteiger charge is 2.42. The molecule has 0 bridgehead atoms. The van der Waals surface area contributed by atoms with Gasteiger partial charge in [-0.1, -0.05) is 25.1 Å². The summed E-state index contributed by atoms with van der Waals surface area (Å²) in [5.41, 5.74) is 2.20. The maximum Gasteiger partial charge on any atom is 0.303 e. The quantitative estimate of drug-likeness (QED) is 0.624. The zero-order valence-corrected chi connectivity index (χ0v) is 16.6. The Kier molecular flexibility index (Phi) is 5.32. The van der Waals surface area contributed by atoms with E-state index in [9.17, 15) is 13.6 Å². The maximum atomic E-state index is 14.9. The van der Waals surface area contributed by atoms with E-state index in [2.05, 4.69) is 0 Å². The molecule has 0 aromatic heterocycles. The Bertz CT molecular complexity index is 909. The minimum atomic E-state index is -0.897. The molecule has 1 spiro atoms. The Labute approximate surface area is 169 Å².